The third-order valence-electron chi connectivity index (χ3n) is 1.65. The smallest absolute Gasteiger partial charge is 0.240 e. The summed E-state index contributed by atoms with van der Waals surface area (Å²) in [6.07, 6.45) is 3.07. The number of hydrogen-bond acceptors (Lipinski definition) is 5. The number of aromatic nitrogens is 5. The summed E-state index contributed by atoms with van der Waals surface area (Å²) < 4.78 is 2.12. The van der Waals surface area contributed by atoms with Gasteiger partial charge < -0.3 is 0 Å². The van der Waals surface area contributed by atoms with E-state index in [-0.39, 0.29) is 5.82 Å². The van der Waals surface area contributed by atoms with Gasteiger partial charge in [-0.1, -0.05) is 0 Å². The summed E-state index contributed by atoms with van der Waals surface area (Å²) in [7, 11) is 0. The highest BCUT2D eigenvalue weighted by Crippen LogP contribution is 2.16. The predicted molar refractivity (Wildman–Crippen MR) is 54.1 cm³/mol. The van der Waals surface area contributed by atoms with Gasteiger partial charge in [-0.05, 0) is 22.9 Å². The molecule has 15 heavy (non-hydrogen) atoms. The third kappa shape index (κ3) is 1.85. The zero-order valence-corrected chi connectivity index (χ0v) is 9.30. The molecule has 0 amide bonds. The van der Waals surface area contributed by atoms with Gasteiger partial charge in [-0.15, -0.1) is 5.10 Å². The van der Waals surface area contributed by atoms with Gasteiger partial charge in [0.05, 0.1) is 4.47 Å². The summed E-state index contributed by atoms with van der Waals surface area (Å²) in [5.41, 5.74) is 0. The Kier molecular flexibility index (Phi) is 2.43. The lowest BCUT2D eigenvalue weighted by atomic mass is 10.5. The molecule has 0 saturated heterocycles. The Morgan fingerprint density at radius 2 is 2.27 bits per heavy atom. The molecule has 0 radical (unpaired) electrons. The molecule has 0 fully saturated rings. The van der Waals surface area contributed by atoms with Crippen LogP contribution in [-0.2, 0) is 0 Å². The Hall–Kier alpha value is -1.81. The van der Waals surface area contributed by atoms with Crippen LogP contribution in [0.3, 0.4) is 0 Å². The van der Waals surface area contributed by atoms with Crippen molar-refractivity contribution >= 4 is 15.9 Å². The van der Waals surface area contributed by atoms with Crippen molar-refractivity contribution < 1.29 is 0 Å². The van der Waals surface area contributed by atoms with Crippen LogP contribution in [0.1, 0.15) is 11.6 Å². The molecule has 6 nitrogen and oxygen atoms in total. The molecule has 0 saturated carbocycles. The highest BCUT2D eigenvalue weighted by Gasteiger charge is 2.07. The van der Waals surface area contributed by atoms with E-state index in [1.807, 2.05) is 6.07 Å². The van der Waals surface area contributed by atoms with Crippen LogP contribution < -0.4 is 0 Å². The number of rotatable bonds is 1. The van der Waals surface area contributed by atoms with Crippen LogP contribution in [0.2, 0.25) is 0 Å². The minimum absolute atomic E-state index is 0.109. The molecule has 7 heteroatoms. The third-order valence-corrected chi connectivity index (χ3v) is 2.21. The van der Waals surface area contributed by atoms with Crippen LogP contribution in [0.5, 0.6) is 0 Å². The molecule has 0 spiro atoms. The molecule has 0 aliphatic rings. The Bertz CT molecular complexity index is 540. The van der Waals surface area contributed by atoms with Crippen molar-refractivity contribution in [2.45, 2.75) is 6.92 Å². The van der Waals surface area contributed by atoms with Gasteiger partial charge in [0.1, 0.15) is 18.2 Å². The van der Waals surface area contributed by atoms with Crippen molar-refractivity contribution in [1.29, 1.82) is 5.26 Å². The lowest BCUT2D eigenvalue weighted by Crippen LogP contribution is -2.02. The topological polar surface area (TPSA) is 80.3 Å². The van der Waals surface area contributed by atoms with Crippen molar-refractivity contribution in [3.63, 3.8) is 0 Å². The molecule has 74 valence electrons. The molecule has 0 aliphatic heterocycles. The first-order valence-corrected chi connectivity index (χ1v) is 4.81. The van der Waals surface area contributed by atoms with Crippen molar-refractivity contribution in [3.8, 4) is 11.9 Å². The molecule has 2 heterocycles. The van der Waals surface area contributed by atoms with Gasteiger partial charge in [-0.25, -0.2) is 19.6 Å². The fourth-order valence-corrected chi connectivity index (χ4v) is 1.39. The molecule has 0 unspecified atom stereocenters. The van der Waals surface area contributed by atoms with E-state index in [2.05, 4.69) is 36.0 Å². The number of nitriles is 1. The Morgan fingerprint density at radius 3 is 2.93 bits per heavy atom. The first-order valence-electron chi connectivity index (χ1n) is 4.02. The largest absolute Gasteiger partial charge is 0.252 e. The van der Waals surface area contributed by atoms with Crippen LogP contribution in [0.4, 0.5) is 0 Å². The van der Waals surface area contributed by atoms with Gasteiger partial charge in [0.15, 0.2) is 5.82 Å². The normalized spacial score (nSPS) is 9.93. The zero-order chi connectivity index (χ0) is 10.8. The van der Waals surface area contributed by atoms with Crippen LogP contribution in [0.25, 0.3) is 5.82 Å². The Morgan fingerprint density at radius 1 is 1.47 bits per heavy atom. The molecule has 0 bridgehead atoms. The van der Waals surface area contributed by atoms with E-state index in [0.717, 1.165) is 0 Å². The fraction of sp³-hybridized carbons (Fsp3) is 0.125. The second-order valence-corrected chi connectivity index (χ2v) is 3.57. The lowest BCUT2D eigenvalue weighted by molar-refractivity contribution is 0.816. The van der Waals surface area contributed by atoms with Crippen molar-refractivity contribution in [3.05, 3.63) is 28.6 Å². The van der Waals surface area contributed by atoms with E-state index in [0.29, 0.717) is 16.1 Å². The van der Waals surface area contributed by atoms with E-state index in [1.54, 1.807) is 13.1 Å². The number of hydrogen-bond donors (Lipinski definition) is 0. The lowest BCUT2D eigenvalue weighted by Gasteiger charge is -2.01. The standard InChI is InChI=1S/C8H5BrN6/c1-5-11-3-6(9)8(13-5)15-4-12-7(2-10)14-15/h3-4H,1H3. The molecule has 0 aliphatic carbocycles. The van der Waals surface area contributed by atoms with Crippen LogP contribution in [-0.4, -0.2) is 24.7 Å². The highest BCUT2D eigenvalue weighted by molar-refractivity contribution is 9.10. The summed E-state index contributed by atoms with van der Waals surface area (Å²) in [5.74, 6) is 1.30. The van der Waals surface area contributed by atoms with Crippen molar-refractivity contribution in [1.82, 2.24) is 24.7 Å². The average molecular weight is 265 g/mol. The molecular formula is C8H5BrN6. The maximum atomic E-state index is 8.59. The second-order valence-electron chi connectivity index (χ2n) is 2.71. The van der Waals surface area contributed by atoms with E-state index in [9.17, 15) is 0 Å². The van der Waals surface area contributed by atoms with Gasteiger partial charge in [-0.2, -0.15) is 5.26 Å². The predicted octanol–water partition coefficient (Wildman–Crippen LogP) is 1.000. The maximum Gasteiger partial charge on any atom is 0.252 e. The zero-order valence-electron chi connectivity index (χ0n) is 7.72. The minimum atomic E-state index is 0.109. The SMILES string of the molecule is Cc1ncc(Br)c(-n2cnc(C#N)n2)n1. The summed E-state index contributed by atoms with van der Waals surface area (Å²) in [6, 6.07) is 1.85. The highest BCUT2D eigenvalue weighted by atomic mass is 79.9. The van der Waals surface area contributed by atoms with E-state index < -0.39 is 0 Å². The molecule has 2 aromatic heterocycles. The van der Waals surface area contributed by atoms with Crippen LogP contribution in [0.15, 0.2) is 17.0 Å². The van der Waals surface area contributed by atoms with Gasteiger partial charge in [-0.3, -0.25) is 0 Å². The van der Waals surface area contributed by atoms with Crippen molar-refractivity contribution in [2.24, 2.45) is 0 Å². The quantitative estimate of drug-likeness (QED) is 0.768. The molecule has 2 aromatic rings. The van der Waals surface area contributed by atoms with Gasteiger partial charge in [0.25, 0.3) is 5.82 Å². The number of halogens is 1. The Balaban J connectivity index is 2.54. The van der Waals surface area contributed by atoms with E-state index >= 15 is 0 Å². The molecule has 0 aromatic carbocycles. The first-order chi connectivity index (χ1) is 7.20. The molecular weight excluding hydrogens is 260 g/mol. The second kappa shape index (κ2) is 3.74. The van der Waals surface area contributed by atoms with Crippen LogP contribution >= 0.6 is 15.9 Å². The van der Waals surface area contributed by atoms with Gasteiger partial charge in [0, 0.05) is 6.20 Å². The summed E-state index contributed by atoms with van der Waals surface area (Å²) in [6.45, 7) is 1.78. The monoisotopic (exact) mass is 264 g/mol. The molecule has 0 N–H and O–H groups in total. The molecule has 0 atom stereocenters. The van der Waals surface area contributed by atoms with Gasteiger partial charge >= 0.3 is 0 Å². The average Bonchev–Trinajstić information content (AvgIpc) is 2.70. The summed E-state index contributed by atoms with van der Waals surface area (Å²) >= 11 is 3.30. The van der Waals surface area contributed by atoms with Crippen LogP contribution in [0, 0.1) is 18.3 Å². The first kappa shape index (κ1) is 9.73. The summed E-state index contributed by atoms with van der Waals surface area (Å²) in [5, 5.41) is 12.5. The molecule has 2 rings (SSSR count). The van der Waals surface area contributed by atoms with E-state index in [1.165, 1.54) is 11.0 Å². The number of nitrogens with zero attached hydrogens (tertiary/aromatic N) is 6. The summed E-state index contributed by atoms with van der Waals surface area (Å²) in [4.78, 5) is 12.0. The minimum Gasteiger partial charge on any atom is -0.240 e. The Labute approximate surface area is 93.7 Å². The van der Waals surface area contributed by atoms with Crippen molar-refractivity contribution in [2.75, 3.05) is 0 Å². The van der Waals surface area contributed by atoms with E-state index in [4.69, 9.17) is 5.26 Å². The van der Waals surface area contributed by atoms with Gasteiger partial charge in [0.2, 0.25) is 0 Å². The number of aryl methyl sites for hydroxylation is 1. The fourth-order valence-electron chi connectivity index (χ4n) is 1.02. The maximum absolute atomic E-state index is 8.59.